The van der Waals surface area contributed by atoms with Gasteiger partial charge >= 0.3 is 6.03 Å². The molecule has 0 aliphatic carbocycles. The molecule has 0 saturated heterocycles. The van der Waals surface area contributed by atoms with Crippen LogP contribution in [-0.2, 0) is 0 Å². The Morgan fingerprint density at radius 3 is 3.05 bits per heavy atom. The summed E-state index contributed by atoms with van der Waals surface area (Å²) in [7, 11) is 0. The molecule has 2 amide bonds. The summed E-state index contributed by atoms with van der Waals surface area (Å²) >= 11 is 0. The van der Waals surface area contributed by atoms with Gasteiger partial charge in [0.15, 0.2) is 11.5 Å². The number of benzene rings is 1. The summed E-state index contributed by atoms with van der Waals surface area (Å²) in [6.07, 6.45) is 1.64. The molecule has 0 bridgehead atoms. The molecule has 6 nitrogen and oxygen atoms in total. The normalized spacial score (nSPS) is 20.6. The maximum absolute atomic E-state index is 11.7. The van der Waals surface area contributed by atoms with Gasteiger partial charge in [-0.2, -0.15) is 4.99 Å². The van der Waals surface area contributed by atoms with Crippen molar-refractivity contribution in [2.75, 3.05) is 13.3 Å². The highest BCUT2D eigenvalue weighted by atomic mass is 16.7. The van der Waals surface area contributed by atoms with Gasteiger partial charge in [0.25, 0.3) is 0 Å². The molecule has 1 aromatic carbocycles. The third-order valence-electron chi connectivity index (χ3n) is 3.10. The van der Waals surface area contributed by atoms with E-state index in [-0.39, 0.29) is 24.7 Å². The number of ether oxygens (including phenoxy) is 2. The third kappa shape index (κ3) is 1.81. The molecule has 1 atom stereocenters. The second kappa shape index (κ2) is 4.31. The molecule has 0 spiro atoms. The van der Waals surface area contributed by atoms with Crippen LogP contribution in [0.4, 0.5) is 4.79 Å². The Morgan fingerprint density at radius 1 is 1.47 bits per heavy atom. The van der Waals surface area contributed by atoms with E-state index in [2.05, 4.69) is 11.6 Å². The van der Waals surface area contributed by atoms with Crippen LogP contribution in [0.25, 0.3) is 0 Å². The minimum absolute atomic E-state index is 0.211. The summed E-state index contributed by atoms with van der Waals surface area (Å²) < 4.78 is 10.6. The van der Waals surface area contributed by atoms with E-state index in [4.69, 9.17) is 15.2 Å². The number of hydrogen-bond acceptors (Lipinski definition) is 4. The zero-order valence-electron chi connectivity index (χ0n) is 10.2. The lowest BCUT2D eigenvalue weighted by Gasteiger charge is -2.23. The fourth-order valence-corrected chi connectivity index (χ4v) is 2.26. The van der Waals surface area contributed by atoms with Crippen LogP contribution in [0.2, 0.25) is 0 Å². The van der Waals surface area contributed by atoms with Crippen molar-refractivity contribution in [2.24, 2.45) is 10.7 Å². The SMILES string of the molecule is C=CCN1C(=O)N=C(N)C1c1ccc2c(c1)OCO2. The Bertz CT molecular complexity index is 582. The fourth-order valence-electron chi connectivity index (χ4n) is 2.26. The number of nitrogens with zero attached hydrogens (tertiary/aromatic N) is 2. The number of nitrogens with two attached hydrogens (primary N) is 1. The lowest BCUT2D eigenvalue weighted by atomic mass is 10.0. The Hall–Kier alpha value is -2.50. The van der Waals surface area contributed by atoms with Crippen molar-refractivity contribution in [1.29, 1.82) is 0 Å². The van der Waals surface area contributed by atoms with Crippen LogP contribution in [0.5, 0.6) is 11.5 Å². The van der Waals surface area contributed by atoms with Gasteiger partial charge < -0.3 is 20.1 Å². The van der Waals surface area contributed by atoms with Crippen molar-refractivity contribution in [3.8, 4) is 11.5 Å². The van der Waals surface area contributed by atoms with E-state index in [0.29, 0.717) is 18.0 Å². The highest BCUT2D eigenvalue weighted by Gasteiger charge is 2.34. The van der Waals surface area contributed by atoms with Gasteiger partial charge in [-0.25, -0.2) is 4.79 Å². The molecule has 0 radical (unpaired) electrons. The van der Waals surface area contributed by atoms with Crippen molar-refractivity contribution < 1.29 is 14.3 Å². The molecule has 6 heteroatoms. The summed E-state index contributed by atoms with van der Waals surface area (Å²) in [5, 5.41) is 0. The van der Waals surface area contributed by atoms with E-state index in [1.54, 1.807) is 17.0 Å². The number of urea groups is 1. The molecule has 1 unspecified atom stereocenters. The Balaban J connectivity index is 1.97. The van der Waals surface area contributed by atoms with Gasteiger partial charge in [0.05, 0.1) is 0 Å². The third-order valence-corrected chi connectivity index (χ3v) is 3.10. The number of amides is 2. The first kappa shape index (κ1) is 11.6. The predicted molar refractivity (Wildman–Crippen MR) is 69.2 cm³/mol. The molecule has 0 saturated carbocycles. The maximum Gasteiger partial charge on any atom is 0.346 e. The van der Waals surface area contributed by atoms with Crippen molar-refractivity contribution in [3.63, 3.8) is 0 Å². The van der Waals surface area contributed by atoms with E-state index in [1.807, 2.05) is 12.1 Å². The topological polar surface area (TPSA) is 77.2 Å². The van der Waals surface area contributed by atoms with Gasteiger partial charge in [0.2, 0.25) is 6.79 Å². The van der Waals surface area contributed by atoms with E-state index in [0.717, 1.165) is 5.56 Å². The minimum Gasteiger partial charge on any atom is -0.454 e. The van der Waals surface area contributed by atoms with Gasteiger partial charge in [-0.1, -0.05) is 12.1 Å². The average Bonchev–Trinajstić information content (AvgIpc) is 2.94. The van der Waals surface area contributed by atoms with Crippen LogP contribution in [-0.4, -0.2) is 30.1 Å². The molecule has 19 heavy (non-hydrogen) atoms. The van der Waals surface area contributed by atoms with Crippen LogP contribution in [0, 0.1) is 0 Å². The first-order valence-corrected chi connectivity index (χ1v) is 5.86. The quantitative estimate of drug-likeness (QED) is 0.833. The number of fused-ring (bicyclic) bond motifs is 1. The van der Waals surface area contributed by atoms with Gasteiger partial charge in [0, 0.05) is 6.54 Å². The number of carbonyl (C=O) groups is 1. The second-order valence-corrected chi connectivity index (χ2v) is 4.28. The number of rotatable bonds is 3. The predicted octanol–water partition coefficient (Wildman–Crippen LogP) is 1.44. The summed E-state index contributed by atoms with van der Waals surface area (Å²) in [5.74, 6) is 1.63. The molecule has 2 aliphatic rings. The monoisotopic (exact) mass is 259 g/mol. The van der Waals surface area contributed by atoms with Crippen LogP contribution in [0.1, 0.15) is 11.6 Å². The zero-order valence-corrected chi connectivity index (χ0v) is 10.2. The molecule has 1 aromatic rings. The number of amidine groups is 1. The average molecular weight is 259 g/mol. The first-order valence-electron chi connectivity index (χ1n) is 5.86. The fraction of sp³-hybridized carbons (Fsp3) is 0.231. The second-order valence-electron chi connectivity index (χ2n) is 4.28. The molecule has 98 valence electrons. The molecule has 2 aliphatic heterocycles. The smallest absolute Gasteiger partial charge is 0.346 e. The van der Waals surface area contributed by atoms with E-state index in [9.17, 15) is 4.79 Å². The van der Waals surface area contributed by atoms with Gasteiger partial charge in [0.1, 0.15) is 11.9 Å². The molecule has 2 heterocycles. The number of hydrogen-bond donors (Lipinski definition) is 1. The van der Waals surface area contributed by atoms with Crippen LogP contribution in [0.3, 0.4) is 0 Å². The molecule has 0 aromatic heterocycles. The molecule has 2 N–H and O–H groups in total. The van der Waals surface area contributed by atoms with Crippen molar-refractivity contribution in [2.45, 2.75) is 6.04 Å². The largest absolute Gasteiger partial charge is 0.454 e. The summed E-state index contributed by atoms with van der Waals surface area (Å²) in [4.78, 5) is 17.1. The van der Waals surface area contributed by atoms with Gasteiger partial charge in [-0.05, 0) is 17.7 Å². The Kier molecular flexibility index (Phi) is 2.63. The van der Waals surface area contributed by atoms with Gasteiger partial charge in [-0.15, -0.1) is 6.58 Å². The van der Waals surface area contributed by atoms with Crippen LogP contribution >= 0.6 is 0 Å². The minimum atomic E-state index is -0.375. The van der Waals surface area contributed by atoms with Gasteiger partial charge in [-0.3, -0.25) is 0 Å². The number of aliphatic imine (C=N–C) groups is 1. The molecular formula is C13H13N3O3. The van der Waals surface area contributed by atoms with E-state index >= 15 is 0 Å². The standard InChI is InChI=1S/C13H13N3O3/c1-2-5-16-11(12(14)15-13(16)17)8-3-4-9-10(6-8)19-7-18-9/h2-4,6,11H,1,5,7H2,(H2,14,15,17). The van der Waals surface area contributed by atoms with E-state index in [1.165, 1.54) is 0 Å². The van der Waals surface area contributed by atoms with Crippen molar-refractivity contribution in [3.05, 3.63) is 36.4 Å². The lowest BCUT2D eigenvalue weighted by Crippen LogP contribution is -2.33. The number of carbonyl (C=O) groups excluding carboxylic acids is 1. The molecular weight excluding hydrogens is 246 g/mol. The summed E-state index contributed by atoms with van der Waals surface area (Å²) in [6, 6.07) is 4.76. The van der Waals surface area contributed by atoms with Crippen LogP contribution in [0.15, 0.2) is 35.8 Å². The zero-order chi connectivity index (χ0) is 13.4. The highest BCUT2D eigenvalue weighted by Crippen LogP contribution is 2.36. The summed E-state index contributed by atoms with van der Waals surface area (Å²) in [5.41, 5.74) is 6.69. The van der Waals surface area contributed by atoms with Crippen molar-refractivity contribution in [1.82, 2.24) is 4.90 Å². The maximum atomic E-state index is 11.7. The lowest BCUT2D eigenvalue weighted by molar-refractivity contribution is 0.174. The van der Waals surface area contributed by atoms with Crippen LogP contribution < -0.4 is 15.2 Å². The first-order chi connectivity index (χ1) is 9.20. The Labute approximate surface area is 110 Å². The molecule has 0 fully saturated rings. The summed E-state index contributed by atoms with van der Waals surface area (Å²) in [6.45, 7) is 4.24. The highest BCUT2D eigenvalue weighted by molar-refractivity contribution is 6.03. The molecule has 3 rings (SSSR count). The van der Waals surface area contributed by atoms with E-state index < -0.39 is 0 Å². The Morgan fingerprint density at radius 2 is 2.26 bits per heavy atom. The van der Waals surface area contributed by atoms with Crippen molar-refractivity contribution >= 4 is 11.9 Å².